The maximum Gasteiger partial charge on any atom is 0.244 e. The van der Waals surface area contributed by atoms with Crippen LogP contribution in [0.4, 0.5) is 5.69 Å². The van der Waals surface area contributed by atoms with Gasteiger partial charge < -0.3 is 10.2 Å². The minimum absolute atomic E-state index is 0.0330. The van der Waals surface area contributed by atoms with Gasteiger partial charge in [0, 0.05) is 29.1 Å². The van der Waals surface area contributed by atoms with Crippen LogP contribution in [0.1, 0.15) is 42.4 Å². The molecule has 1 atom stereocenters. The summed E-state index contributed by atoms with van der Waals surface area (Å²) in [6.45, 7) is 1.28. The van der Waals surface area contributed by atoms with Crippen molar-refractivity contribution in [3.63, 3.8) is 0 Å². The number of aryl methyl sites for hydroxylation is 1. The molecule has 41 heavy (non-hydrogen) atoms. The van der Waals surface area contributed by atoms with Crippen LogP contribution in [0.3, 0.4) is 0 Å². The van der Waals surface area contributed by atoms with E-state index in [0.717, 1.165) is 41.8 Å². The van der Waals surface area contributed by atoms with E-state index in [1.54, 1.807) is 43.3 Å². The molecule has 3 aromatic rings. The average molecular weight is 617 g/mol. The number of anilines is 1. The molecule has 1 N–H and O–H groups in total. The second kappa shape index (κ2) is 13.7. The number of sulfonamides is 1. The Morgan fingerprint density at radius 1 is 0.976 bits per heavy atom. The predicted octanol–water partition coefficient (Wildman–Crippen LogP) is 5.77. The molecule has 1 aliphatic rings. The molecule has 1 aliphatic carbocycles. The van der Waals surface area contributed by atoms with Crippen molar-refractivity contribution in [2.75, 3.05) is 17.1 Å². The molecule has 0 heterocycles. The Morgan fingerprint density at radius 2 is 1.63 bits per heavy atom. The van der Waals surface area contributed by atoms with E-state index in [4.69, 9.17) is 23.2 Å². The van der Waals surface area contributed by atoms with Gasteiger partial charge in [-0.15, -0.1) is 0 Å². The number of nitrogens with zero attached hydrogens (tertiary/aromatic N) is 2. The normalized spacial score (nSPS) is 14.4. The van der Waals surface area contributed by atoms with Gasteiger partial charge in [0.2, 0.25) is 21.8 Å². The number of halogens is 2. The van der Waals surface area contributed by atoms with Crippen LogP contribution >= 0.6 is 23.2 Å². The summed E-state index contributed by atoms with van der Waals surface area (Å²) in [4.78, 5) is 29.6. The lowest BCUT2D eigenvalue weighted by atomic mass is 10.0. The Kier molecular flexibility index (Phi) is 10.3. The number of carbonyl (C=O) groups excluding carboxylic acids is 2. The van der Waals surface area contributed by atoms with E-state index >= 15 is 0 Å². The third kappa shape index (κ3) is 8.24. The van der Waals surface area contributed by atoms with Gasteiger partial charge in [0.15, 0.2) is 0 Å². The van der Waals surface area contributed by atoms with Gasteiger partial charge in [0.1, 0.15) is 12.6 Å². The van der Waals surface area contributed by atoms with Gasteiger partial charge in [-0.05, 0) is 60.7 Å². The Balaban J connectivity index is 1.75. The molecule has 0 radical (unpaired) electrons. The molecule has 0 unspecified atom stereocenters. The Bertz CT molecular complexity index is 1480. The van der Waals surface area contributed by atoms with Crippen LogP contribution in [0, 0.1) is 6.92 Å². The lowest BCUT2D eigenvalue weighted by Gasteiger charge is -2.34. The highest BCUT2D eigenvalue weighted by Gasteiger charge is 2.34. The van der Waals surface area contributed by atoms with Crippen molar-refractivity contribution in [1.82, 2.24) is 10.2 Å². The minimum atomic E-state index is -3.87. The van der Waals surface area contributed by atoms with Gasteiger partial charge in [-0.25, -0.2) is 8.42 Å². The predicted molar refractivity (Wildman–Crippen MR) is 165 cm³/mol. The van der Waals surface area contributed by atoms with Gasteiger partial charge in [-0.3, -0.25) is 13.9 Å². The third-order valence-corrected chi connectivity index (χ3v) is 9.11. The van der Waals surface area contributed by atoms with Crippen LogP contribution in [0.5, 0.6) is 0 Å². The second-order valence-corrected chi connectivity index (χ2v) is 13.3. The summed E-state index contributed by atoms with van der Waals surface area (Å²) in [5.41, 5.74) is 2.48. The Morgan fingerprint density at radius 3 is 2.27 bits per heavy atom. The molecular weight excluding hydrogens is 581 g/mol. The van der Waals surface area contributed by atoms with Crippen LogP contribution < -0.4 is 9.62 Å². The summed E-state index contributed by atoms with van der Waals surface area (Å²) >= 11 is 12.6. The molecule has 0 aliphatic heterocycles. The maximum atomic E-state index is 14.2. The highest BCUT2D eigenvalue weighted by molar-refractivity contribution is 7.92. The highest BCUT2D eigenvalue weighted by atomic mass is 35.5. The summed E-state index contributed by atoms with van der Waals surface area (Å²) in [5, 5.41) is 4.06. The standard InChI is InChI=1S/C31H35Cl2N3O4S/c1-22-18-25(32)16-17-28(22)36(41(2,39)40)21-30(37)35(20-24-12-6-9-15-27(24)33)29(19-23-10-4-3-5-11-23)31(38)34-26-13-7-8-14-26/h3-6,9-12,15-18,26,29H,7-8,13-14,19-21H2,1-2H3,(H,34,38)/t29-/m1/s1. The second-order valence-electron chi connectivity index (χ2n) is 10.5. The molecule has 7 nitrogen and oxygen atoms in total. The summed E-state index contributed by atoms with van der Waals surface area (Å²) in [6.07, 6.45) is 5.18. The first-order chi connectivity index (χ1) is 19.5. The summed E-state index contributed by atoms with van der Waals surface area (Å²) < 4.78 is 27.0. The minimum Gasteiger partial charge on any atom is -0.352 e. The molecule has 0 aromatic heterocycles. The first-order valence-electron chi connectivity index (χ1n) is 13.6. The van der Waals surface area contributed by atoms with Crippen LogP contribution in [0.15, 0.2) is 72.8 Å². The van der Waals surface area contributed by atoms with Gasteiger partial charge in [0.05, 0.1) is 11.9 Å². The smallest absolute Gasteiger partial charge is 0.244 e. The van der Waals surface area contributed by atoms with Crippen molar-refractivity contribution in [2.45, 2.75) is 57.7 Å². The van der Waals surface area contributed by atoms with Crippen LogP contribution in [0.2, 0.25) is 10.0 Å². The number of carbonyl (C=O) groups is 2. The van der Waals surface area contributed by atoms with Crippen LogP contribution in [0.25, 0.3) is 0 Å². The molecule has 3 aromatic carbocycles. The molecule has 1 fully saturated rings. The fourth-order valence-electron chi connectivity index (χ4n) is 5.23. The van der Waals surface area contributed by atoms with E-state index < -0.39 is 28.5 Å². The first-order valence-corrected chi connectivity index (χ1v) is 16.2. The molecular formula is C31H35Cl2N3O4S. The van der Waals surface area contributed by atoms with Gasteiger partial charge in [-0.2, -0.15) is 0 Å². The van der Waals surface area contributed by atoms with Gasteiger partial charge in [0.25, 0.3) is 0 Å². The molecule has 218 valence electrons. The largest absolute Gasteiger partial charge is 0.352 e. The first kappa shape index (κ1) is 30.9. The topological polar surface area (TPSA) is 86.8 Å². The van der Waals surface area contributed by atoms with Gasteiger partial charge >= 0.3 is 0 Å². The van der Waals surface area contributed by atoms with E-state index in [-0.39, 0.29) is 24.9 Å². The maximum absolute atomic E-state index is 14.2. The molecule has 1 saturated carbocycles. The molecule has 2 amide bonds. The number of nitrogens with one attached hydrogen (secondary N) is 1. The van der Waals surface area contributed by atoms with Crippen molar-refractivity contribution < 1.29 is 18.0 Å². The van der Waals surface area contributed by atoms with E-state index in [2.05, 4.69) is 5.32 Å². The van der Waals surface area contributed by atoms with Crippen molar-refractivity contribution >= 4 is 50.7 Å². The fourth-order valence-corrected chi connectivity index (χ4v) is 6.55. The number of hydrogen-bond acceptors (Lipinski definition) is 4. The molecule has 4 rings (SSSR count). The SMILES string of the molecule is Cc1cc(Cl)ccc1N(CC(=O)N(Cc1ccccc1Cl)[C@H](Cc1ccccc1)C(=O)NC1CCCC1)S(C)(=O)=O. The van der Waals surface area contributed by atoms with Crippen molar-refractivity contribution in [3.05, 3.63) is 99.5 Å². The summed E-state index contributed by atoms with van der Waals surface area (Å²) in [5.74, 6) is -0.790. The summed E-state index contributed by atoms with van der Waals surface area (Å²) in [7, 11) is -3.87. The van der Waals surface area contributed by atoms with E-state index in [0.29, 0.717) is 26.9 Å². The van der Waals surface area contributed by atoms with Crippen LogP contribution in [-0.4, -0.2) is 50.0 Å². The monoisotopic (exact) mass is 615 g/mol. The van der Waals surface area contributed by atoms with E-state index in [1.165, 1.54) is 4.90 Å². The zero-order valence-corrected chi connectivity index (χ0v) is 25.6. The zero-order valence-electron chi connectivity index (χ0n) is 23.2. The highest BCUT2D eigenvalue weighted by Crippen LogP contribution is 2.27. The van der Waals surface area contributed by atoms with Crippen LogP contribution in [-0.2, 0) is 32.6 Å². The average Bonchev–Trinajstić information content (AvgIpc) is 3.43. The van der Waals surface area contributed by atoms with Crippen molar-refractivity contribution in [2.24, 2.45) is 0 Å². The third-order valence-electron chi connectivity index (χ3n) is 7.38. The number of benzene rings is 3. The quantitative estimate of drug-likeness (QED) is 0.297. The molecule has 0 bridgehead atoms. The molecule has 0 spiro atoms. The summed E-state index contributed by atoms with van der Waals surface area (Å²) in [6, 6.07) is 20.6. The van der Waals surface area contributed by atoms with Crippen molar-refractivity contribution in [3.8, 4) is 0 Å². The van der Waals surface area contributed by atoms with E-state index in [1.807, 2.05) is 36.4 Å². The number of rotatable bonds is 11. The lowest BCUT2D eigenvalue weighted by Crippen LogP contribution is -2.54. The zero-order chi connectivity index (χ0) is 29.6. The lowest BCUT2D eigenvalue weighted by molar-refractivity contribution is -0.140. The van der Waals surface area contributed by atoms with Gasteiger partial charge in [-0.1, -0.05) is 84.6 Å². The Hall–Kier alpha value is -3.07. The molecule has 0 saturated heterocycles. The Labute approximate surface area is 252 Å². The van der Waals surface area contributed by atoms with E-state index in [9.17, 15) is 18.0 Å². The number of hydrogen-bond donors (Lipinski definition) is 1. The molecule has 10 heteroatoms. The fraction of sp³-hybridized carbons (Fsp3) is 0.355. The van der Waals surface area contributed by atoms with Crippen molar-refractivity contribution in [1.29, 1.82) is 0 Å². The number of amides is 2.